The van der Waals surface area contributed by atoms with Crippen LogP contribution in [0.4, 0.5) is 11.4 Å². The summed E-state index contributed by atoms with van der Waals surface area (Å²) in [7, 11) is 0. The van der Waals surface area contributed by atoms with E-state index in [1.807, 2.05) is 37.3 Å². The zero-order valence-corrected chi connectivity index (χ0v) is 11.4. The number of rotatable bonds is 5. The molecule has 4 nitrogen and oxygen atoms in total. The number of nitrogen functional groups attached to an aromatic ring is 1. The summed E-state index contributed by atoms with van der Waals surface area (Å²) in [6, 6.07) is 14.7. The number of carbonyl (C=O) groups excluding carboxylic acids is 1. The summed E-state index contributed by atoms with van der Waals surface area (Å²) in [5, 5.41) is 3.12. The highest BCUT2D eigenvalue weighted by Gasteiger charge is 2.09. The number of anilines is 2. The van der Waals surface area contributed by atoms with Crippen LogP contribution in [-0.2, 0) is 11.3 Å². The average molecular weight is 270 g/mol. The van der Waals surface area contributed by atoms with Crippen LogP contribution in [0.1, 0.15) is 22.8 Å². The highest BCUT2D eigenvalue weighted by atomic mass is 16.5. The fourth-order valence-electron chi connectivity index (χ4n) is 1.85. The highest BCUT2D eigenvalue weighted by molar-refractivity contribution is 5.91. The predicted molar refractivity (Wildman–Crippen MR) is 80.6 cm³/mol. The second kappa shape index (κ2) is 6.61. The van der Waals surface area contributed by atoms with Crippen LogP contribution in [0.5, 0.6) is 0 Å². The minimum atomic E-state index is -0.372. The zero-order valence-electron chi connectivity index (χ0n) is 11.4. The quantitative estimate of drug-likeness (QED) is 0.647. The first kappa shape index (κ1) is 13.9. The Bertz CT molecular complexity index is 582. The molecule has 0 aliphatic rings. The molecule has 0 aromatic heterocycles. The Morgan fingerprint density at radius 3 is 2.60 bits per heavy atom. The van der Waals surface area contributed by atoms with Crippen molar-refractivity contribution in [2.45, 2.75) is 13.5 Å². The standard InChI is InChI=1S/C16H18N2O2/c1-2-18-15-9-8-13(10-14(15)17)16(19)20-11-12-6-4-3-5-7-12/h3-10,18H,2,11,17H2,1H3. The molecule has 20 heavy (non-hydrogen) atoms. The van der Waals surface area contributed by atoms with E-state index >= 15 is 0 Å². The average Bonchev–Trinajstić information content (AvgIpc) is 2.48. The molecule has 0 spiro atoms. The van der Waals surface area contributed by atoms with Gasteiger partial charge in [-0.1, -0.05) is 30.3 Å². The first-order valence-corrected chi connectivity index (χ1v) is 6.55. The van der Waals surface area contributed by atoms with E-state index < -0.39 is 0 Å². The molecule has 0 unspecified atom stereocenters. The lowest BCUT2D eigenvalue weighted by Gasteiger charge is -2.09. The van der Waals surface area contributed by atoms with E-state index in [1.54, 1.807) is 18.2 Å². The van der Waals surface area contributed by atoms with Gasteiger partial charge in [-0.05, 0) is 30.7 Å². The number of hydrogen-bond acceptors (Lipinski definition) is 4. The maximum atomic E-state index is 11.9. The van der Waals surface area contributed by atoms with Crippen molar-refractivity contribution in [3.05, 3.63) is 59.7 Å². The summed E-state index contributed by atoms with van der Waals surface area (Å²) in [6.45, 7) is 3.03. The number of esters is 1. The predicted octanol–water partition coefficient (Wildman–Crippen LogP) is 3.06. The van der Waals surface area contributed by atoms with Gasteiger partial charge in [0.05, 0.1) is 16.9 Å². The van der Waals surface area contributed by atoms with E-state index in [9.17, 15) is 4.79 Å². The third kappa shape index (κ3) is 3.51. The molecular formula is C16H18N2O2. The van der Waals surface area contributed by atoms with Crippen molar-refractivity contribution in [2.24, 2.45) is 0 Å². The van der Waals surface area contributed by atoms with E-state index in [4.69, 9.17) is 10.5 Å². The SMILES string of the molecule is CCNc1ccc(C(=O)OCc2ccccc2)cc1N. The molecule has 0 bridgehead atoms. The third-order valence-electron chi connectivity index (χ3n) is 2.87. The lowest BCUT2D eigenvalue weighted by Crippen LogP contribution is -2.07. The number of benzene rings is 2. The van der Waals surface area contributed by atoms with Crippen LogP contribution in [0.3, 0.4) is 0 Å². The van der Waals surface area contributed by atoms with E-state index in [2.05, 4.69) is 5.32 Å². The van der Waals surface area contributed by atoms with E-state index in [1.165, 1.54) is 0 Å². The van der Waals surface area contributed by atoms with Gasteiger partial charge in [0, 0.05) is 6.54 Å². The van der Waals surface area contributed by atoms with Gasteiger partial charge in [0.2, 0.25) is 0 Å². The molecule has 0 heterocycles. The van der Waals surface area contributed by atoms with Gasteiger partial charge in [-0.15, -0.1) is 0 Å². The van der Waals surface area contributed by atoms with Crippen molar-refractivity contribution in [2.75, 3.05) is 17.6 Å². The van der Waals surface area contributed by atoms with Gasteiger partial charge in [0.25, 0.3) is 0 Å². The smallest absolute Gasteiger partial charge is 0.338 e. The Hall–Kier alpha value is -2.49. The zero-order chi connectivity index (χ0) is 14.4. The van der Waals surface area contributed by atoms with Gasteiger partial charge >= 0.3 is 5.97 Å². The molecule has 2 aromatic rings. The first-order valence-electron chi connectivity index (χ1n) is 6.55. The van der Waals surface area contributed by atoms with Crippen LogP contribution in [0, 0.1) is 0 Å². The molecule has 0 fully saturated rings. The molecule has 0 aliphatic carbocycles. The second-order valence-electron chi connectivity index (χ2n) is 4.39. The van der Waals surface area contributed by atoms with Gasteiger partial charge in [-0.25, -0.2) is 4.79 Å². The highest BCUT2D eigenvalue weighted by Crippen LogP contribution is 2.20. The maximum absolute atomic E-state index is 11.9. The van der Waals surface area contributed by atoms with E-state index in [-0.39, 0.29) is 12.6 Å². The fourth-order valence-corrected chi connectivity index (χ4v) is 1.85. The Kier molecular flexibility index (Phi) is 4.60. The van der Waals surface area contributed by atoms with E-state index in [0.29, 0.717) is 11.3 Å². The molecule has 0 saturated heterocycles. The molecular weight excluding hydrogens is 252 g/mol. The van der Waals surface area contributed by atoms with Crippen LogP contribution >= 0.6 is 0 Å². The van der Waals surface area contributed by atoms with Crippen LogP contribution in [0.25, 0.3) is 0 Å². The number of hydrogen-bond donors (Lipinski definition) is 2. The molecule has 104 valence electrons. The summed E-state index contributed by atoms with van der Waals surface area (Å²) < 4.78 is 5.25. The van der Waals surface area contributed by atoms with Gasteiger partial charge < -0.3 is 15.8 Å². The summed E-state index contributed by atoms with van der Waals surface area (Å²) in [6.07, 6.45) is 0. The second-order valence-corrected chi connectivity index (χ2v) is 4.39. The Morgan fingerprint density at radius 2 is 1.95 bits per heavy atom. The minimum absolute atomic E-state index is 0.258. The van der Waals surface area contributed by atoms with Gasteiger partial charge in [0.15, 0.2) is 0 Å². The lowest BCUT2D eigenvalue weighted by atomic mass is 10.1. The molecule has 4 heteroatoms. The Balaban J connectivity index is 2.00. The monoisotopic (exact) mass is 270 g/mol. The van der Waals surface area contributed by atoms with Crippen molar-refractivity contribution in [1.82, 2.24) is 0 Å². The van der Waals surface area contributed by atoms with Crippen LogP contribution in [-0.4, -0.2) is 12.5 Å². The van der Waals surface area contributed by atoms with Gasteiger partial charge in [0.1, 0.15) is 6.61 Å². The van der Waals surface area contributed by atoms with E-state index in [0.717, 1.165) is 17.8 Å². The number of ether oxygens (including phenoxy) is 1. The molecule has 3 N–H and O–H groups in total. The maximum Gasteiger partial charge on any atom is 0.338 e. The third-order valence-corrected chi connectivity index (χ3v) is 2.87. The van der Waals surface area contributed by atoms with Crippen LogP contribution in [0.15, 0.2) is 48.5 Å². The topological polar surface area (TPSA) is 64.3 Å². The fraction of sp³-hybridized carbons (Fsp3) is 0.188. The normalized spacial score (nSPS) is 10.1. The molecule has 0 saturated carbocycles. The van der Waals surface area contributed by atoms with Crippen molar-refractivity contribution >= 4 is 17.3 Å². The van der Waals surface area contributed by atoms with Crippen LogP contribution in [0.2, 0.25) is 0 Å². The summed E-state index contributed by atoms with van der Waals surface area (Å²) in [5.74, 6) is -0.372. The number of nitrogens with one attached hydrogen (secondary N) is 1. The van der Waals surface area contributed by atoms with Crippen molar-refractivity contribution < 1.29 is 9.53 Å². The van der Waals surface area contributed by atoms with Crippen molar-refractivity contribution in [1.29, 1.82) is 0 Å². The Labute approximate surface area is 118 Å². The molecule has 0 atom stereocenters. The largest absolute Gasteiger partial charge is 0.457 e. The van der Waals surface area contributed by atoms with Gasteiger partial charge in [-0.2, -0.15) is 0 Å². The van der Waals surface area contributed by atoms with Gasteiger partial charge in [-0.3, -0.25) is 0 Å². The summed E-state index contributed by atoms with van der Waals surface area (Å²) in [4.78, 5) is 11.9. The first-order chi connectivity index (χ1) is 9.70. The van der Waals surface area contributed by atoms with Crippen molar-refractivity contribution in [3.63, 3.8) is 0 Å². The van der Waals surface area contributed by atoms with Crippen molar-refractivity contribution in [3.8, 4) is 0 Å². The van der Waals surface area contributed by atoms with Crippen LogP contribution < -0.4 is 11.1 Å². The summed E-state index contributed by atoms with van der Waals surface area (Å²) in [5.41, 5.74) is 8.67. The number of carbonyl (C=O) groups is 1. The molecule has 0 aliphatic heterocycles. The number of nitrogens with two attached hydrogens (primary N) is 1. The molecule has 0 amide bonds. The molecule has 0 radical (unpaired) electrons. The molecule has 2 rings (SSSR count). The molecule has 2 aromatic carbocycles. The minimum Gasteiger partial charge on any atom is -0.457 e. The summed E-state index contributed by atoms with van der Waals surface area (Å²) >= 11 is 0. The lowest BCUT2D eigenvalue weighted by molar-refractivity contribution is 0.0473. The Morgan fingerprint density at radius 1 is 1.20 bits per heavy atom.